The quantitative estimate of drug-likeness (QED) is 0.912. The molecule has 0 amide bonds. The molecule has 1 heterocycles. The molecule has 1 aliphatic heterocycles. The van der Waals surface area contributed by atoms with Gasteiger partial charge in [-0.25, -0.2) is 13.1 Å². The molecule has 2 aromatic rings. The van der Waals surface area contributed by atoms with Gasteiger partial charge in [0.2, 0.25) is 10.0 Å². The number of hydrogen-bond donors (Lipinski definition) is 1. The minimum absolute atomic E-state index is 0.218. The van der Waals surface area contributed by atoms with Crippen molar-refractivity contribution in [2.45, 2.75) is 37.1 Å². The monoisotopic (exact) mass is 359 g/mol. The summed E-state index contributed by atoms with van der Waals surface area (Å²) >= 11 is 0. The van der Waals surface area contributed by atoms with Crippen molar-refractivity contribution >= 4 is 10.0 Å². The van der Waals surface area contributed by atoms with Crippen LogP contribution < -0.4 is 14.2 Å². The van der Waals surface area contributed by atoms with E-state index in [1.54, 1.807) is 6.07 Å². The maximum Gasteiger partial charge on any atom is 0.240 e. The Morgan fingerprint density at radius 1 is 0.880 bits per heavy atom. The third-order valence-corrected chi connectivity index (χ3v) is 6.10. The number of sulfonamides is 1. The van der Waals surface area contributed by atoms with Crippen molar-refractivity contribution < 1.29 is 17.9 Å². The summed E-state index contributed by atoms with van der Waals surface area (Å²) in [5.74, 6) is 1.37. The van der Waals surface area contributed by atoms with E-state index < -0.39 is 10.0 Å². The standard InChI is InChI=1S/C19H21NO4S/c21-25(22,17-7-6-15-3-1-2-4-16(15)12-17)20-13-14-5-8-18-19(11-14)24-10-9-23-18/h5-8,11-12,20H,1-4,9-10,13H2. The Morgan fingerprint density at radius 2 is 1.64 bits per heavy atom. The highest BCUT2D eigenvalue weighted by molar-refractivity contribution is 7.89. The summed E-state index contributed by atoms with van der Waals surface area (Å²) in [7, 11) is -3.54. The van der Waals surface area contributed by atoms with Crippen LogP contribution in [0.1, 0.15) is 29.5 Å². The molecule has 0 saturated heterocycles. The van der Waals surface area contributed by atoms with Gasteiger partial charge < -0.3 is 9.47 Å². The lowest BCUT2D eigenvalue weighted by Crippen LogP contribution is -2.24. The average Bonchev–Trinajstić information content (AvgIpc) is 2.66. The van der Waals surface area contributed by atoms with Crippen LogP contribution in [0.5, 0.6) is 11.5 Å². The minimum atomic E-state index is -3.54. The lowest BCUT2D eigenvalue weighted by Gasteiger charge is -2.19. The van der Waals surface area contributed by atoms with E-state index in [1.165, 1.54) is 12.0 Å². The molecule has 0 radical (unpaired) electrons. The molecule has 2 aliphatic rings. The summed E-state index contributed by atoms with van der Waals surface area (Å²) in [5.41, 5.74) is 3.27. The molecule has 1 aliphatic carbocycles. The second kappa shape index (κ2) is 6.69. The van der Waals surface area contributed by atoms with Gasteiger partial charge in [0.1, 0.15) is 13.2 Å². The van der Waals surface area contributed by atoms with Crippen LogP contribution >= 0.6 is 0 Å². The lowest BCUT2D eigenvalue weighted by atomic mass is 9.92. The molecule has 6 heteroatoms. The van der Waals surface area contributed by atoms with Crippen molar-refractivity contribution in [3.8, 4) is 11.5 Å². The molecule has 1 N–H and O–H groups in total. The Bertz CT molecular complexity index is 892. The van der Waals surface area contributed by atoms with Gasteiger partial charge in [0.25, 0.3) is 0 Å². The first-order valence-corrected chi connectivity index (χ1v) is 10.1. The van der Waals surface area contributed by atoms with E-state index in [0.717, 1.165) is 30.4 Å². The highest BCUT2D eigenvalue weighted by Gasteiger charge is 2.18. The molecule has 25 heavy (non-hydrogen) atoms. The van der Waals surface area contributed by atoms with Gasteiger partial charge >= 0.3 is 0 Å². The molecule has 0 bridgehead atoms. The molecule has 132 valence electrons. The van der Waals surface area contributed by atoms with Crippen LogP contribution in [0.15, 0.2) is 41.3 Å². The van der Waals surface area contributed by atoms with Crippen LogP contribution in [0.25, 0.3) is 0 Å². The molecular formula is C19H21NO4S. The molecule has 0 unspecified atom stereocenters. The lowest BCUT2D eigenvalue weighted by molar-refractivity contribution is 0.171. The topological polar surface area (TPSA) is 64.6 Å². The van der Waals surface area contributed by atoms with E-state index in [0.29, 0.717) is 29.6 Å². The van der Waals surface area contributed by atoms with Crippen molar-refractivity contribution in [1.82, 2.24) is 4.72 Å². The maximum atomic E-state index is 12.6. The van der Waals surface area contributed by atoms with Crippen molar-refractivity contribution in [3.63, 3.8) is 0 Å². The average molecular weight is 359 g/mol. The Hall–Kier alpha value is -2.05. The Morgan fingerprint density at radius 3 is 2.48 bits per heavy atom. The Balaban J connectivity index is 1.50. The number of ether oxygens (including phenoxy) is 2. The molecule has 0 fully saturated rings. The van der Waals surface area contributed by atoms with Gasteiger partial charge in [-0.2, -0.15) is 0 Å². The fourth-order valence-electron chi connectivity index (χ4n) is 3.34. The van der Waals surface area contributed by atoms with Crippen LogP contribution in [-0.4, -0.2) is 21.6 Å². The van der Waals surface area contributed by atoms with E-state index in [-0.39, 0.29) is 6.54 Å². The van der Waals surface area contributed by atoms with E-state index in [2.05, 4.69) is 4.72 Å². The van der Waals surface area contributed by atoms with Crippen LogP contribution in [-0.2, 0) is 29.4 Å². The van der Waals surface area contributed by atoms with Crippen LogP contribution in [0.4, 0.5) is 0 Å². The fraction of sp³-hybridized carbons (Fsp3) is 0.368. The number of hydrogen-bond acceptors (Lipinski definition) is 4. The summed E-state index contributed by atoms with van der Waals surface area (Å²) in [6.45, 7) is 1.27. The van der Waals surface area contributed by atoms with Gasteiger partial charge in [0.15, 0.2) is 11.5 Å². The number of benzene rings is 2. The van der Waals surface area contributed by atoms with E-state index in [1.807, 2.05) is 30.3 Å². The SMILES string of the molecule is O=S(=O)(NCc1ccc2c(c1)OCCO2)c1ccc2c(c1)CCCC2. The van der Waals surface area contributed by atoms with E-state index >= 15 is 0 Å². The second-order valence-electron chi connectivity index (χ2n) is 6.44. The van der Waals surface area contributed by atoms with Gasteiger partial charge in [-0.15, -0.1) is 0 Å². The van der Waals surface area contributed by atoms with Crippen LogP contribution in [0.3, 0.4) is 0 Å². The zero-order chi connectivity index (χ0) is 17.3. The number of nitrogens with one attached hydrogen (secondary N) is 1. The van der Waals surface area contributed by atoms with Crippen molar-refractivity contribution in [3.05, 3.63) is 53.1 Å². The summed E-state index contributed by atoms with van der Waals surface area (Å²) < 4.78 is 38.9. The molecule has 0 aromatic heterocycles. The number of aryl methyl sites for hydroxylation is 2. The van der Waals surface area contributed by atoms with E-state index in [4.69, 9.17) is 9.47 Å². The third kappa shape index (κ3) is 3.50. The maximum absolute atomic E-state index is 12.6. The van der Waals surface area contributed by atoms with Crippen LogP contribution in [0, 0.1) is 0 Å². The van der Waals surface area contributed by atoms with Crippen molar-refractivity contribution in [1.29, 1.82) is 0 Å². The fourth-order valence-corrected chi connectivity index (χ4v) is 4.40. The molecule has 2 aromatic carbocycles. The molecule has 4 rings (SSSR count). The first-order chi connectivity index (χ1) is 12.1. The zero-order valence-corrected chi connectivity index (χ0v) is 14.8. The summed E-state index contributed by atoms with van der Waals surface area (Å²) in [6.07, 6.45) is 4.31. The predicted molar refractivity (Wildman–Crippen MR) is 94.5 cm³/mol. The smallest absolute Gasteiger partial charge is 0.240 e. The minimum Gasteiger partial charge on any atom is -0.486 e. The first kappa shape index (κ1) is 16.4. The number of fused-ring (bicyclic) bond motifs is 2. The molecule has 0 atom stereocenters. The predicted octanol–water partition coefficient (Wildman–Crippen LogP) is 2.82. The molecule has 0 saturated carbocycles. The van der Waals surface area contributed by atoms with E-state index in [9.17, 15) is 8.42 Å². The highest BCUT2D eigenvalue weighted by atomic mass is 32.2. The highest BCUT2D eigenvalue weighted by Crippen LogP contribution is 2.31. The normalized spacial score (nSPS) is 16.3. The van der Waals surface area contributed by atoms with Crippen LogP contribution in [0.2, 0.25) is 0 Å². The Labute approximate surface area is 148 Å². The summed E-state index contributed by atoms with van der Waals surface area (Å²) in [4.78, 5) is 0.339. The zero-order valence-electron chi connectivity index (χ0n) is 14.0. The van der Waals surface area contributed by atoms with Gasteiger partial charge in [-0.3, -0.25) is 0 Å². The van der Waals surface area contributed by atoms with Gasteiger partial charge in [-0.1, -0.05) is 12.1 Å². The van der Waals surface area contributed by atoms with Crippen molar-refractivity contribution in [2.75, 3.05) is 13.2 Å². The van der Waals surface area contributed by atoms with Gasteiger partial charge in [0.05, 0.1) is 4.90 Å². The summed E-state index contributed by atoms with van der Waals surface area (Å²) in [5, 5.41) is 0. The Kier molecular flexibility index (Phi) is 4.39. The largest absolute Gasteiger partial charge is 0.486 e. The first-order valence-electron chi connectivity index (χ1n) is 8.62. The molecule has 5 nitrogen and oxygen atoms in total. The second-order valence-corrected chi connectivity index (χ2v) is 8.21. The van der Waals surface area contributed by atoms with Gasteiger partial charge in [-0.05, 0) is 66.6 Å². The summed E-state index contributed by atoms with van der Waals surface area (Å²) in [6, 6.07) is 11.0. The molecule has 0 spiro atoms. The van der Waals surface area contributed by atoms with Gasteiger partial charge in [0, 0.05) is 6.54 Å². The number of rotatable bonds is 4. The van der Waals surface area contributed by atoms with Crippen molar-refractivity contribution in [2.24, 2.45) is 0 Å². The molecular weight excluding hydrogens is 338 g/mol. The third-order valence-electron chi connectivity index (χ3n) is 4.70.